The van der Waals surface area contributed by atoms with E-state index >= 15 is 0 Å². The van der Waals surface area contributed by atoms with Crippen LogP contribution in [0.4, 0.5) is 0 Å². The molecule has 1 N–H and O–H groups in total. The third-order valence-corrected chi connectivity index (χ3v) is 4.01. The minimum Gasteiger partial charge on any atom is -0.305 e. The van der Waals surface area contributed by atoms with E-state index in [1.165, 1.54) is 11.1 Å². The summed E-state index contributed by atoms with van der Waals surface area (Å²) in [4.78, 5) is 0. The van der Waals surface area contributed by atoms with Gasteiger partial charge in [0, 0.05) is 7.05 Å². The third kappa shape index (κ3) is 3.10. The summed E-state index contributed by atoms with van der Waals surface area (Å²) in [6, 6.07) is 8.85. The Morgan fingerprint density at radius 2 is 1.80 bits per heavy atom. The number of halogens is 1. The van der Waals surface area contributed by atoms with Crippen LogP contribution in [-0.4, -0.2) is 21.5 Å². The Kier molecular flexibility index (Phi) is 4.94. The van der Waals surface area contributed by atoms with Gasteiger partial charge in [-0.05, 0) is 39.5 Å². The lowest BCUT2D eigenvalue weighted by molar-refractivity contribution is 0.567. The molecule has 0 aliphatic heterocycles. The van der Waals surface area contributed by atoms with Gasteiger partial charge < -0.3 is 5.32 Å². The van der Waals surface area contributed by atoms with Crippen LogP contribution in [0.1, 0.15) is 49.6 Å². The topological polar surface area (TPSA) is 42.7 Å². The van der Waals surface area contributed by atoms with Crippen LogP contribution in [0.2, 0.25) is 0 Å². The van der Waals surface area contributed by atoms with Gasteiger partial charge in [0.05, 0.1) is 11.7 Å². The Labute approximate surface area is 128 Å². The molecule has 0 aliphatic rings. The standard InChI is InChI=1S/C15H21BrN4/c1-5-17-13(14-15(16)18-19-20(14)4)12-8-6-11(7-9-12)10(2)3/h6-10,13,17H,5H2,1-4H3. The first-order chi connectivity index (χ1) is 9.54. The molecular weight excluding hydrogens is 316 g/mol. The first kappa shape index (κ1) is 15.2. The van der Waals surface area contributed by atoms with Gasteiger partial charge in [0.1, 0.15) is 0 Å². The molecule has 1 aromatic carbocycles. The van der Waals surface area contributed by atoms with Crippen LogP contribution in [0.3, 0.4) is 0 Å². The first-order valence-electron chi connectivity index (χ1n) is 6.92. The molecule has 0 spiro atoms. The molecule has 0 radical (unpaired) electrons. The highest BCUT2D eigenvalue weighted by atomic mass is 79.9. The van der Waals surface area contributed by atoms with Gasteiger partial charge in [-0.3, -0.25) is 0 Å². The zero-order valence-corrected chi connectivity index (χ0v) is 14.0. The van der Waals surface area contributed by atoms with Crippen LogP contribution < -0.4 is 5.32 Å². The first-order valence-corrected chi connectivity index (χ1v) is 7.72. The number of hydrogen-bond acceptors (Lipinski definition) is 3. The van der Waals surface area contributed by atoms with Gasteiger partial charge in [0.25, 0.3) is 0 Å². The van der Waals surface area contributed by atoms with Crippen molar-refractivity contribution in [1.29, 1.82) is 0 Å². The summed E-state index contributed by atoms with van der Waals surface area (Å²) >= 11 is 3.49. The molecule has 0 bridgehead atoms. The summed E-state index contributed by atoms with van der Waals surface area (Å²) < 4.78 is 2.60. The van der Waals surface area contributed by atoms with Crippen molar-refractivity contribution in [3.63, 3.8) is 0 Å². The van der Waals surface area contributed by atoms with E-state index in [2.05, 4.69) is 76.6 Å². The highest BCUT2D eigenvalue weighted by molar-refractivity contribution is 9.10. The summed E-state index contributed by atoms with van der Waals surface area (Å²) in [6.45, 7) is 7.40. The summed E-state index contributed by atoms with van der Waals surface area (Å²) in [5.41, 5.74) is 3.62. The van der Waals surface area contributed by atoms with Crippen molar-refractivity contribution in [2.24, 2.45) is 7.05 Å². The van der Waals surface area contributed by atoms with Gasteiger partial charge in [-0.25, -0.2) is 4.68 Å². The lowest BCUT2D eigenvalue weighted by Gasteiger charge is -2.19. The molecule has 1 heterocycles. The maximum atomic E-state index is 4.08. The number of rotatable bonds is 5. The number of nitrogens with zero attached hydrogens (tertiary/aromatic N) is 3. The van der Waals surface area contributed by atoms with Crippen LogP contribution in [0.5, 0.6) is 0 Å². The van der Waals surface area contributed by atoms with E-state index in [0.29, 0.717) is 5.92 Å². The van der Waals surface area contributed by atoms with Crippen molar-refractivity contribution >= 4 is 15.9 Å². The molecule has 1 aromatic heterocycles. The van der Waals surface area contributed by atoms with Gasteiger partial charge >= 0.3 is 0 Å². The average Bonchev–Trinajstić information content (AvgIpc) is 2.76. The summed E-state index contributed by atoms with van der Waals surface area (Å²) in [7, 11) is 1.92. The molecule has 0 saturated heterocycles. The molecule has 5 heteroatoms. The molecular formula is C15H21BrN4. The maximum absolute atomic E-state index is 4.08. The minimum atomic E-state index is 0.0931. The summed E-state index contributed by atoms with van der Waals surface area (Å²) in [5.74, 6) is 0.548. The normalized spacial score (nSPS) is 12.9. The van der Waals surface area contributed by atoms with Gasteiger partial charge in [-0.1, -0.05) is 50.3 Å². The van der Waals surface area contributed by atoms with Crippen molar-refractivity contribution in [2.75, 3.05) is 6.54 Å². The fraction of sp³-hybridized carbons (Fsp3) is 0.467. The predicted molar refractivity (Wildman–Crippen MR) is 84.8 cm³/mol. The maximum Gasteiger partial charge on any atom is 0.153 e. The molecule has 108 valence electrons. The molecule has 2 rings (SSSR count). The van der Waals surface area contributed by atoms with Gasteiger partial charge in [0.2, 0.25) is 0 Å². The molecule has 1 atom stereocenters. The van der Waals surface area contributed by atoms with Crippen molar-refractivity contribution in [1.82, 2.24) is 20.3 Å². The number of aromatic nitrogens is 3. The van der Waals surface area contributed by atoms with E-state index in [1.54, 1.807) is 0 Å². The molecule has 0 fully saturated rings. The van der Waals surface area contributed by atoms with Gasteiger partial charge in [-0.2, -0.15) is 0 Å². The van der Waals surface area contributed by atoms with Crippen molar-refractivity contribution in [2.45, 2.75) is 32.7 Å². The van der Waals surface area contributed by atoms with Crippen LogP contribution >= 0.6 is 15.9 Å². The fourth-order valence-corrected chi connectivity index (χ4v) is 2.85. The lowest BCUT2D eigenvalue weighted by atomic mass is 9.98. The van der Waals surface area contributed by atoms with E-state index in [1.807, 2.05) is 11.7 Å². The van der Waals surface area contributed by atoms with Gasteiger partial charge in [0.15, 0.2) is 4.60 Å². The monoisotopic (exact) mass is 336 g/mol. The number of nitrogens with one attached hydrogen (secondary N) is 1. The van der Waals surface area contributed by atoms with Crippen molar-refractivity contribution in [3.8, 4) is 0 Å². The minimum absolute atomic E-state index is 0.0931. The Morgan fingerprint density at radius 3 is 2.25 bits per heavy atom. The quantitative estimate of drug-likeness (QED) is 0.909. The fourth-order valence-electron chi connectivity index (χ4n) is 2.30. The average molecular weight is 337 g/mol. The zero-order valence-electron chi connectivity index (χ0n) is 12.4. The van der Waals surface area contributed by atoms with Crippen LogP contribution in [0.15, 0.2) is 28.9 Å². The van der Waals surface area contributed by atoms with Crippen LogP contribution in [-0.2, 0) is 7.05 Å². The zero-order chi connectivity index (χ0) is 14.7. The van der Waals surface area contributed by atoms with E-state index < -0.39 is 0 Å². The second-order valence-electron chi connectivity index (χ2n) is 5.20. The Hall–Kier alpha value is -1.20. The largest absolute Gasteiger partial charge is 0.305 e. The molecule has 2 aromatic rings. The van der Waals surface area contributed by atoms with Gasteiger partial charge in [-0.15, -0.1) is 5.10 Å². The van der Waals surface area contributed by atoms with Crippen LogP contribution in [0.25, 0.3) is 0 Å². The smallest absolute Gasteiger partial charge is 0.153 e. The lowest BCUT2D eigenvalue weighted by Crippen LogP contribution is -2.24. The Bertz CT molecular complexity index is 540. The van der Waals surface area contributed by atoms with E-state index in [-0.39, 0.29) is 6.04 Å². The second-order valence-corrected chi connectivity index (χ2v) is 5.95. The summed E-state index contributed by atoms with van der Waals surface area (Å²) in [5, 5.41) is 11.7. The van der Waals surface area contributed by atoms with E-state index in [0.717, 1.165) is 16.8 Å². The molecule has 20 heavy (non-hydrogen) atoms. The van der Waals surface area contributed by atoms with E-state index in [4.69, 9.17) is 0 Å². The Morgan fingerprint density at radius 1 is 1.20 bits per heavy atom. The molecule has 0 aliphatic carbocycles. The second kappa shape index (κ2) is 6.50. The van der Waals surface area contributed by atoms with E-state index in [9.17, 15) is 0 Å². The number of hydrogen-bond donors (Lipinski definition) is 1. The predicted octanol–water partition coefficient (Wildman–Crippen LogP) is 3.40. The molecule has 0 saturated carbocycles. The SMILES string of the molecule is CCNC(c1ccc(C(C)C)cc1)c1c(Br)nnn1C. The number of aryl methyl sites for hydroxylation is 1. The molecule has 0 amide bonds. The highest BCUT2D eigenvalue weighted by Crippen LogP contribution is 2.27. The van der Waals surface area contributed by atoms with Crippen molar-refractivity contribution in [3.05, 3.63) is 45.7 Å². The number of benzene rings is 1. The third-order valence-electron chi connectivity index (χ3n) is 3.44. The molecule has 1 unspecified atom stereocenters. The van der Waals surface area contributed by atoms with Crippen molar-refractivity contribution < 1.29 is 0 Å². The Balaban J connectivity index is 2.38. The molecule has 4 nitrogen and oxygen atoms in total. The van der Waals surface area contributed by atoms with Crippen LogP contribution in [0, 0.1) is 0 Å². The summed E-state index contributed by atoms with van der Waals surface area (Å²) in [6.07, 6.45) is 0. The highest BCUT2D eigenvalue weighted by Gasteiger charge is 2.21.